The Morgan fingerprint density at radius 1 is 1.00 bits per heavy atom. The lowest BCUT2D eigenvalue weighted by Crippen LogP contribution is -2.63. The van der Waals surface area contributed by atoms with Crippen molar-refractivity contribution in [2.24, 2.45) is 11.8 Å². The van der Waals surface area contributed by atoms with Gasteiger partial charge in [-0.1, -0.05) is 60.3 Å². The molecule has 0 aromatic carbocycles. The number of nitrogens with zero attached hydrogens (tertiary/aromatic N) is 1. The molecular weight excluding hydrogens is 256 g/mol. The third-order valence-corrected chi connectivity index (χ3v) is 6.43. The molecule has 0 heterocycles. The van der Waals surface area contributed by atoms with Gasteiger partial charge >= 0.3 is 0 Å². The van der Waals surface area contributed by atoms with E-state index in [1.807, 2.05) is 0 Å². The minimum absolute atomic E-state index is 0.327. The fourth-order valence-corrected chi connectivity index (χ4v) is 5.25. The summed E-state index contributed by atoms with van der Waals surface area (Å²) in [4.78, 5) is 2.73. The van der Waals surface area contributed by atoms with E-state index in [2.05, 4.69) is 51.9 Å². The number of hydrogen-bond donors (Lipinski definition) is 1. The van der Waals surface area contributed by atoms with Gasteiger partial charge in [-0.2, -0.15) is 0 Å². The summed E-state index contributed by atoms with van der Waals surface area (Å²) < 4.78 is 0. The van der Waals surface area contributed by atoms with Crippen LogP contribution < -0.4 is 5.32 Å². The molecule has 0 amide bonds. The van der Waals surface area contributed by atoms with E-state index in [0.717, 1.165) is 11.8 Å². The molecule has 2 heteroatoms. The van der Waals surface area contributed by atoms with Gasteiger partial charge < -0.3 is 5.32 Å². The van der Waals surface area contributed by atoms with Gasteiger partial charge in [-0.3, -0.25) is 4.90 Å². The maximum atomic E-state index is 3.79. The Kier molecular flexibility index (Phi) is 8.26. The number of nitrogens with one attached hydrogen (secondary N) is 1. The summed E-state index contributed by atoms with van der Waals surface area (Å²) in [6.07, 6.45) is 9.61. The summed E-state index contributed by atoms with van der Waals surface area (Å²) in [5.74, 6) is 1.78. The van der Waals surface area contributed by atoms with E-state index < -0.39 is 0 Å². The lowest BCUT2D eigenvalue weighted by molar-refractivity contribution is 0.00573. The quantitative estimate of drug-likeness (QED) is 0.664. The Morgan fingerprint density at radius 2 is 1.57 bits per heavy atom. The number of likely N-dealkylation sites (N-methyl/N-ethyl adjacent to an activating group) is 2. The maximum Gasteiger partial charge on any atom is 0.0359 e. The van der Waals surface area contributed by atoms with Crippen LogP contribution >= 0.6 is 0 Å². The average Bonchev–Trinajstić information content (AvgIpc) is 2.55. The van der Waals surface area contributed by atoms with Gasteiger partial charge in [0.2, 0.25) is 0 Å². The van der Waals surface area contributed by atoms with Crippen LogP contribution in [0.1, 0.15) is 79.6 Å². The lowest BCUT2D eigenvalue weighted by atomic mass is 9.66. The molecule has 1 aliphatic rings. The Hall–Kier alpha value is -0.0800. The molecule has 0 aromatic heterocycles. The first-order valence-corrected chi connectivity index (χ1v) is 9.57. The zero-order valence-corrected chi connectivity index (χ0v) is 15.5. The molecule has 3 unspecified atom stereocenters. The van der Waals surface area contributed by atoms with Crippen LogP contribution in [0.5, 0.6) is 0 Å². The van der Waals surface area contributed by atoms with Crippen molar-refractivity contribution in [3.63, 3.8) is 0 Å². The van der Waals surface area contributed by atoms with Crippen LogP contribution in [0.2, 0.25) is 0 Å². The van der Waals surface area contributed by atoms with E-state index in [1.165, 1.54) is 58.0 Å². The van der Waals surface area contributed by atoms with Gasteiger partial charge in [0, 0.05) is 11.6 Å². The first kappa shape index (κ1) is 19.0. The maximum absolute atomic E-state index is 3.79. The minimum atomic E-state index is 0.327. The molecule has 1 N–H and O–H groups in total. The van der Waals surface area contributed by atoms with Gasteiger partial charge in [-0.05, 0) is 51.2 Å². The van der Waals surface area contributed by atoms with Crippen molar-refractivity contribution in [1.29, 1.82) is 0 Å². The molecule has 2 nitrogen and oxygen atoms in total. The SMILES string of the molecule is CCC1CCCCC1C(NC)C(CC)(CC)N(CC)CC. The van der Waals surface area contributed by atoms with E-state index in [9.17, 15) is 0 Å². The van der Waals surface area contributed by atoms with Crippen LogP contribution in [0.3, 0.4) is 0 Å². The fourth-order valence-electron chi connectivity index (χ4n) is 5.25. The number of rotatable bonds is 9. The van der Waals surface area contributed by atoms with Crippen molar-refractivity contribution < 1.29 is 0 Å². The van der Waals surface area contributed by atoms with E-state index in [4.69, 9.17) is 0 Å². The Labute approximate surface area is 134 Å². The molecule has 21 heavy (non-hydrogen) atoms. The molecule has 0 bridgehead atoms. The summed E-state index contributed by atoms with van der Waals surface area (Å²) in [7, 11) is 2.20. The number of hydrogen-bond acceptors (Lipinski definition) is 2. The van der Waals surface area contributed by atoms with Gasteiger partial charge in [0.15, 0.2) is 0 Å². The lowest BCUT2D eigenvalue weighted by Gasteiger charge is -2.53. The van der Waals surface area contributed by atoms with Crippen molar-refractivity contribution in [2.45, 2.75) is 91.1 Å². The van der Waals surface area contributed by atoms with Crippen LogP contribution in [0.4, 0.5) is 0 Å². The summed E-state index contributed by atoms with van der Waals surface area (Å²) in [6.45, 7) is 14.2. The summed E-state index contributed by atoms with van der Waals surface area (Å²) in [5, 5.41) is 3.79. The van der Waals surface area contributed by atoms with Crippen molar-refractivity contribution in [3.05, 3.63) is 0 Å². The Bertz CT molecular complexity index is 269. The highest BCUT2D eigenvalue weighted by molar-refractivity contribution is 5.03. The van der Waals surface area contributed by atoms with Crippen LogP contribution in [0.25, 0.3) is 0 Å². The van der Waals surface area contributed by atoms with Gasteiger partial charge in [0.05, 0.1) is 0 Å². The zero-order chi connectivity index (χ0) is 15.9. The van der Waals surface area contributed by atoms with Crippen molar-refractivity contribution in [3.8, 4) is 0 Å². The molecule has 0 aliphatic heterocycles. The van der Waals surface area contributed by atoms with Gasteiger partial charge in [0.25, 0.3) is 0 Å². The van der Waals surface area contributed by atoms with Crippen LogP contribution in [0.15, 0.2) is 0 Å². The van der Waals surface area contributed by atoms with E-state index in [0.29, 0.717) is 11.6 Å². The average molecular weight is 297 g/mol. The molecule has 1 saturated carbocycles. The Balaban J connectivity index is 3.10. The molecule has 1 aliphatic carbocycles. The zero-order valence-electron chi connectivity index (χ0n) is 15.5. The van der Waals surface area contributed by atoms with Gasteiger partial charge in [0.1, 0.15) is 0 Å². The molecule has 126 valence electrons. The second-order valence-corrected chi connectivity index (χ2v) is 6.87. The first-order valence-electron chi connectivity index (χ1n) is 9.57. The van der Waals surface area contributed by atoms with Crippen LogP contribution in [0, 0.1) is 11.8 Å². The molecule has 3 atom stereocenters. The van der Waals surface area contributed by atoms with Crippen molar-refractivity contribution in [1.82, 2.24) is 10.2 Å². The second-order valence-electron chi connectivity index (χ2n) is 6.87. The monoisotopic (exact) mass is 296 g/mol. The van der Waals surface area contributed by atoms with Crippen LogP contribution in [-0.4, -0.2) is 36.6 Å². The third-order valence-electron chi connectivity index (χ3n) is 6.43. The molecule has 0 aromatic rings. The molecule has 0 radical (unpaired) electrons. The molecule has 0 spiro atoms. The van der Waals surface area contributed by atoms with E-state index in [-0.39, 0.29) is 0 Å². The predicted octanol–water partition coefficient (Wildman–Crippen LogP) is 4.69. The van der Waals surface area contributed by atoms with Gasteiger partial charge in [-0.25, -0.2) is 0 Å². The predicted molar refractivity (Wildman–Crippen MR) is 94.8 cm³/mol. The Morgan fingerprint density at radius 3 is 2.00 bits per heavy atom. The topological polar surface area (TPSA) is 15.3 Å². The fraction of sp³-hybridized carbons (Fsp3) is 1.00. The summed E-state index contributed by atoms with van der Waals surface area (Å²) >= 11 is 0. The van der Waals surface area contributed by atoms with E-state index >= 15 is 0 Å². The van der Waals surface area contributed by atoms with E-state index in [1.54, 1.807) is 0 Å². The highest BCUT2D eigenvalue weighted by atomic mass is 15.2. The van der Waals surface area contributed by atoms with Crippen molar-refractivity contribution in [2.75, 3.05) is 20.1 Å². The molecular formula is C19H40N2. The normalized spacial score (nSPS) is 25.3. The smallest absolute Gasteiger partial charge is 0.0359 e. The third kappa shape index (κ3) is 3.82. The molecule has 1 fully saturated rings. The van der Waals surface area contributed by atoms with Gasteiger partial charge in [-0.15, -0.1) is 0 Å². The standard InChI is InChI=1S/C19H40N2/c1-7-16-14-12-13-15-17(16)18(20-6)19(8-2,9-3)21(10-4)11-5/h16-18,20H,7-15H2,1-6H3. The molecule has 0 saturated heterocycles. The largest absolute Gasteiger partial charge is 0.315 e. The van der Waals surface area contributed by atoms with Crippen molar-refractivity contribution >= 4 is 0 Å². The minimum Gasteiger partial charge on any atom is -0.315 e. The molecule has 1 rings (SSSR count). The highest BCUT2D eigenvalue weighted by Gasteiger charge is 2.45. The van der Waals surface area contributed by atoms with Crippen LogP contribution in [-0.2, 0) is 0 Å². The second kappa shape index (κ2) is 9.15. The summed E-state index contributed by atoms with van der Waals surface area (Å²) in [5.41, 5.74) is 0.327. The highest BCUT2D eigenvalue weighted by Crippen LogP contribution is 2.41. The summed E-state index contributed by atoms with van der Waals surface area (Å²) in [6, 6.07) is 0.637. The first-order chi connectivity index (χ1) is 10.1.